The number of amides is 1. The maximum absolute atomic E-state index is 14.6. The number of hydrogen-bond acceptors (Lipinski definition) is 5. The Morgan fingerprint density at radius 3 is 2.54 bits per heavy atom. The lowest BCUT2D eigenvalue weighted by Crippen LogP contribution is -2.32. The van der Waals surface area contributed by atoms with Crippen molar-refractivity contribution in [3.63, 3.8) is 0 Å². The van der Waals surface area contributed by atoms with Crippen molar-refractivity contribution in [3.05, 3.63) is 36.2 Å². The van der Waals surface area contributed by atoms with Gasteiger partial charge in [-0.1, -0.05) is 19.9 Å². The number of carbonyl (C=O) groups is 1. The average Bonchev–Trinajstić information content (AvgIpc) is 3.50. The van der Waals surface area contributed by atoms with Crippen LogP contribution in [0.3, 0.4) is 0 Å². The predicted octanol–water partition coefficient (Wildman–Crippen LogP) is 4.45. The SMILES string of the molecule is C=CCC(CC)(CC)COc1cc(F)c(C(=O)NS(=N)(=O)C2CC2)cc1OC. The molecule has 2 N–H and O–H groups in total. The predicted molar refractivity (Wildman–Crippen MR) is 108 cm³/mol. The van der Waals surface area contributed by atoms with Crippen molar-refractivity contribution in [2.24, 2.45) is 5.41 Å². The van der Waals surface area contributed by atoms with E-state index in [1.165, 1.54) is 13.2 Å². The Kier molecular flexibility index (Phi) is 7.09. The number of methoxy groups -OCH3 is 1. The third-order valence-corrected chi connectivity index (χ3v) is 7.25. The molecule has 0 saturated heterocycles. The van der Waals surface area contributed by atoms with E-state index in [2.05, 4.69) is 25.1 Å². The van der Waals surface area contributed by atoms with E-state index in [1.807, 2.05) is 6.08 Å². The number of allylic oxidation sites excluding steroid dienone is 1. The molecule has 1 fully saturated rings. The first kappa shape index (κ1) is 22.2. The van der Waals surface area contributed by atoms with Crippen LogP contribution in [0.15, 0.2) is 24.8 Å². The zero-order valence-corrected chi connectivity index (χ0v) is 17.5. The Morgan fingerprint density at radius 2 is 2.04 bits per heavy atom. The van der Waals surface area contributed by atoms with Crippen LogP contribution in [0.25, 0.3) is 0 Å². The number of carbonyl (C=O) groups excluding carboxylic acids is 1. The zero-order valence-electron chi connectivity index (χ0n) is 16.7. The van der Waals surface area contributed by atoms with E-state index in [-0.39, 0.29) is 27.7 Å². The van der Waals surface area contributed by atoms with Crippen LogP contribution in [0.4, 0.5) is 4.39 Å². The molecule has 6 nitrogen and oxygen atoms in total. The number of hydrogen-bond donors (Lipinski definition) is 2. The summed E-state index contributed by atoms with van der Waals surface area (Å²) in [6, 6.07) is 2.32. The molecule has 0 heterocycles. The molecule has 1 aromatic carbocycles. The van der Waals surface area contributed by atoms with Crippen LogP contribution in [0.1, 0.15) is 56.3 Å². The van der Waals surface area contributed by atoms with E-state index < -0.39 is 21.6 Å². The first-order valence-corrected chi connectivity index (χ1v) is 11.0. The molecule has 1 aliphatic rings. The largest absolute Gasteiger partial charge is 0.493 e. The molecule has 1 aromatic rings. The number of nitrogens with one attached hydrogen (secondary N) is 2. The summed E-state index contributed by atoms with van der Waals surface area (Å²) >= 11 is 0. The van der Waals surface area contributed by atoms with Gasteiger partial charge in [-0.2, -0.15) is 0 Å². The Bertz CT molecular complexity index is 831. The van der Waals surface area contributed by atoms with E-state index >= 15 is 0 Å². The van der Waals surface area contributed by atoms with E-state index in [1.54, 1.807) is 0 Å². The molecule has 8 heteroatoms. The van der Waals surface area contributed by atoms with Gasteiger partial charge in [0.05, 0.1) is 24.5 Å². The minimum absolute atomic E-state index is 0.111. The highest BCUT2D eigenvalue weighted by molar-refractivity contribution is 7.92. The third-order valence-electron chi connectivity index (χ3n) is 5.35. The van der Waals surface area contributed by atoms with Crippen LogP contribution in [0, 0.1) is 16.0 Å². The summed E-state index contributed by atoms with van der Waals surface area (Å²) < 4.78 is 47.8. The smallest absolute Gasteiger partial charge is 0.266 e. The van der Waals surface area contributed by atoms with Crippen LogP contribution < -0.4 is 14.2 Å². The Balaban J connectivity index is 2.22. The molecular formula is C20H29FN2O4S. The minimum atomic E-state index is -3.27. The molecule has 28 heavy (non-hydrogen) atoms. The van der Waals surface area contributed by atoms with Crippen molar-refractivity contribution in [2.75, 3.05) is 13.7 Å². The van der Waals surface area contributed by atoms with Gasteiger partial charge in [-0.3, -0.25) is 9.52 Å². The Morgan fingerprint density at radius 1 is 1.39 bits per heavy atom. The van der Waals surface area contributed by atoms with Gasteiger partial charge in [-0.15, -0.1) is 6.58 Å². The second-order valence-corrected chi connectivity index (χ2v) is 9.27. The standard InChI is InChI=1S/C20H29FN2O4S/c1-5-10-20(6-2,7-3)13-27-18-12-16(21)15(11-17(18)26-4)19(24)23-28(22,25)14-8-9-14/h5,11-12,14H,1,6-10,13H2,2-4H3,(H2,22,23,24,25). The molecule has 0 spiro atoms. The van der Waals surface area contributed by atoms with Gasteiger partial charge in [0.15, 0.2) is 11.5 Å². The van der Waals surface area contributed by atoms with Crippen LogP contribution in [0.5, 0.6) is 11.5 Å². The van der Waals surface area contributed by atoms with Gasteiger partial charge in [-0.05, 0) is 38.2 Å². The molecule has 1 amide bonds. The van der Waals surface area contributed by atoms with Crippen LogP contribution >= 0.6 is 0 Å². The fourth-order valence-corrected chi connectivity index (χ4v) is 4.35. The van der Waals surface area contributed by atoms with E-state index in [0.29, 0.717) is 19.4 Å². The van der Waals surface area contributed by atoms with Crippen LogP contribution in [-0.2, 0) is 9.92 Å². The lowest BCUT2D eigenvalue weighted by molar-refractivity contribution is 0.0977. The first-order valence-electron chi connectivity index (χ1n) is 9.43. The molecule has 0 aromatic heterocycles. The van der Waals surface area contributed by atoms with Crippen LogP contribution in [0.2, 0.25) is 0 Å². The molecule has 2 rings (SSSR count). The highest BCUT2D eigenvalue weighted by Crippen LogP contribution is 2.36. The van der Waals surface area contributed by atoms with Gasteiger partial charge in [-0.25, -0.2) is 13.4 Å². The molecule has 1 aliphatic carbocycles. The topological polar surface area (TPSA) is 88.5 Å². The van der Waals surface area contributed by atoms with Gasteiger partial charge in [0, 0.05) is 11.5 Å². The molecule has 0 radical (unpaired) electrons. The molecule has 0 bridgehead atoms. The zero-order chi connectivity index (χ0) is 20.9. The van der Waals surface area contributed by atoms with Gasteiger partial charge in [0.1, 0.15) is 15.7 Å². The summed E-state index contributed by atoms with van der Waals surface area (Å²) in [5.74, 6) is -1.31. The molecule has 1 unspecified atom stereocenters. The number of halogens is 1. The van der Waals surface area contributed by atoms with E-state index in [4.69, 9.17) is 14.3 Å². The lowest BCUT2D eigenvalue weighted by Gasteiger charge is -2.30. The number of rotatable bonds is 11. The van der Waals surface area contributed by atoms with Crippen molar-refractivity contribution >= 4 is 15.8 Å². The Hall–Kier alpha value is -2.09. The monoisotopic (exact) mass is 412 g/mol. The minimum Gasteiger partial charge on any atom is -0.493 e. The second-order valence-electron chi connectivity index (χ2n) is 7.20. The maximum atomic E-state index is 14.6. The van der Waals surface area contributed by atoms with Crippen molar-refractivity contribution in [2.45, 2.75) is 51.2 Å². The van der Waals surface area contributed by atoms with Gasteiger partial charge >= 0.3 is 0 Å². The fourth-order valence-electron chi connectivity index (χ4n) is 3.00. The number of ether oxygens (including phenoxy) is 2. The van der Waals surface area contributed by atoms with Gasteiger partial charge < -0.3 is 9.47 Å². The number of benzene rings is 1. The maximum Gasteiger partial charge on any atom is 0.266 e. The Labute approximate surface area is 166 Å². The quantitative estimate of drug-likeness (QED) is 0.526. The highest BCUT2D eigenvalue weighted by Gasteiger charge is 2.34. The van der Waals surface area contributed by atoms with Crippen molar-refractivity contribution in [1.29, 1.82) is 4.78 Å². The average molecular weight is 413 g/mol. The summed E-state index contributed by atoms with van der Waals surface area (Å²) in [5, 5.41) is -0.356. The highest BCUT2D eigenvalue weighted by atomic mass is 32.2. The molecule has 1 atom stereocenters. The molecule has 156 valence electrons. The summed E-state index contributed by atoms with van der Waals surface area (Å²) in [6.07, 6.45) is 5.62. The van der Waals surface area contributed by atoms with Gasteiger partial charge in [0.25, 0.3) is 5.91 Å². The van der Waals surface area contributed by atoms with Crippen LogP contribution in [-0.4, -0.2) is 29.1 Å². The van der Waals surface area contributed by atoms with Crippen molar-refractivity contribution in [3.8, 4) is 11.5 Å². The van der Waals surface area contributed by atoms with E-state index in [0.717, 1.165) is 25.3 Å². The van der Waals surface area contributed by atoms with Crippen molar-refractivity contribution in [1.82, 2.24) is 4.72 Å². The summed E-state index contributed by atoms with van der Waals surface area (Å²) in [7, 11) is -1.87. The third kappa shape index (κ3) is 5.04. The summed E-state index contributed by atoms with van der Waals surface area (Å²) in [5.41, 5.74) is -0.437. The van der Waals surface area contributed by atoms with E-state index in [9.17, 15) is 13.4 Å². The van der Waals surface area contributed by atoms with Gasteiger partial charge in [0.2, 0.25) is 0 Å². The normalized spacial score (nSPS) is 16.1. The molecule has 1 saturated carbocycles. The summed E-state index contributed by atoms with van der Waals surface area (Å²) in [4.78, 5) is 12.3. The first-order chi connectivity index (χ1) is 13.2. The summed E-state index contributed by atoms with van der Waals surface area (Å²) in [6.45, 7) is 8.29. The fraction of sp³-hybridized carbons (Fsp3) is 0.550. The van der Waals surface area contributed by atoms with Crippen molar-refractivity contribution < 1.29 is 22.9 Å². The molecule has 0 aliphatic heterocycles. The molecular weight excluding hydrogens is 383 g/mol. The second kappa shape index (κ2) is 8.94. The lowest BCUT2D eigenvalue weighted by atomic mass is 9.80.